The Bertz CT molecular complexity index is 1100. The topological polar surface area (TPSA) is 37.4 Å². The van der Waals surface area contributed by atoms with Crippen LogP contribution in [0.2, 0.25) is 0 Å². The lowest BCUT2D eigenvalue weighted by Crippen LogP contribution is -2.23. The minimum atomic E-state index is -4.37. The van der Waals surface area contributed by atoms with Gasteiger partial charge in [0.05, 0.1) is 16.6 Å². The maximum absolute atomic E-state index is 13.6. The minimum Gasteiger partial charge on any atom is -0.299 e. The number of likely N-dealkylation sites (tertiary alicyclic amines) is 1. The lowest BCUT2D eigenvalue weighted by Gasteiger charge is -2.18. The van der Waals surface area contributed by atoms with E-state index in [0.717, 1.165) is 49.0 Å². The third-order valence-corrected chi connectivity index (χ3v) is 9.24. The first-order valence-corrected chi connectivity index (χ1v) is 13.5. The molecule has 4 rings (SSSR count). The molecule has 0 amide bonds. The SMILES string of the molecule is CC(C)S(=O)(=O)C[C@H]1Cc2ccc(Cc3cc(CN4CCCC4)cc(C(F)(F)F)c3)cc2C1. The van der Waals surface area contributed by atoms with Gasteiger partial charge in [-0.2, -0.15) is 13.2 Å². The molecule has 0 aromatic heterocycles. The molecule has 0 bridgehead atoms. The van der Waals surface area contributed by atoms with Crippen LogP contribution in [0.3, 0.4) is 0 Å². The number of hydrogen-bond donors (Lipinski definition) is 0. The molecule has 0 saturated carbocycles. The Morgan fingerprint density at radius 2 is 1.61 bits per heavy atom. The summed E-state index contributed by atoms with van der Waals surface area (Å²) in [5.74, 6) is 0.255. The third-order valence-electron chi connectivity index (χ3n) is 6.87. The number of hydrogen-bond acceptors (Lipinski definition) is 3. The Morgan fingerprint density at radius 1 is 0.939 bits per heavy atom. The van der Waals surface area contributed by atoms with E-state index in [4.69, 9.17) is 0 Å². The van der Waals surface area contributed by atoms with Crippen molar-refractivity contribution in [1.29, 1.82) is 0 Å². The van der Waals surface area contributed by atoms with E-state index in [2.05, 4.69) is 11.0 Å². The van der Waals surface area contributed by atoms with E-state index in [1.807, 2.05) is 18.2 Å². The van der Waals surface area contributed by atoms with Crippen molar-refractivity contribution in [2.45, 2.75) is 63.9 Å². The summed E-state index contributed by atoms with van der Waals surface area (Å²) in [6, 6.07) is 10.5. The molecule has 0 spiro atoms. The number of nitrogens with zero attached hydrogens (tertiary/aromatic N) is 1. The third kappa shape index (κ3) is 5.99. The second-order valence-electron chi connectivity index (χ2n) is 9.95. The molecule has 1 aliphatic carbocycles. The van der Waals surface area contributed by atoms with Crippen molar-refractivity contribution in [3.63, 3.8) is 0 Å². The largest absolute Gasteiger partial charge is 0.416 e. The second kappa shape index (κ2) is 9.41. The molecule has 1 atom stereocenters. The van der Waals surface area contributed by atoms with Crippen LogP contribution in [0.5, 0.6) is 0 Å². The molecule has 7 heteroatoms. The van der Waals surface area contributed by atoms with E-state index in [9.17, 15) is 21.6 Å². The molecular weight excluding hydrogens is 447 g/mol. The molecule has 1 saturated heterocycles. The molecule has 180 valence electrons. The van der Waals surface area contributed by atoms with E-state index in [-0.39, 0.29) is 16.9 Å². The predicted molar refractivity (Wildman–Crippen MR) is 125 cm³/mol. The molecule has 1 heterocycles. The van der Waals surface area contributed by atoms with Gasteiger partial charge in [0.15, 0.2) is 9.84 Å². The highest BCUT2D eigenvalue weighted by Crippen LogP contribution is 2.33. The van der Waals surface area contributed by atoms with Gasteiger partial charge in [0.2, 0.25) is 0 Å². The molecule has 1 fully saturated rings. The fourth-order valence-corrected chi connectivity index (χ4v) is 6.34. The van der Waals surface area contributed by atoms with Crippen molar-refractivity contribution < 1.29 is 21.6 Å². The van der Waals surface area contributed by atoms with Gasteiger partial charge in [0.25, 0.3) is 0 Å². The number of rotatable bonds is 7. The highest BCUT2D eigenvalue weighted by molar-refractivity contribution is 7.91. The monoisotopic (exact) mass is 479 g/mol. The Balaban J connectivity index is 1.52. The lowest BCUT2D eigenvalue weighted by molar-refractivity contribution is -0.137. The quantitative estimate of drug-likeness (QED) is 0.532. The Morgan fingerprint density at radius 3 is 2.27 bits per heavy atom. The van der Waals surface area contributed by atoms with Crippen molar-refractivity contribution in [3.8, 4) is 0 Å². The molecule has 2 aliphatic rings. The average molecular weight is 480 g/mol. The summed E-state index contributed by atoms with van der Waals surface area (Å²) in [5, 5.41) is -0.382. The molecule has 2 aromatic rings. The molecule has 1 aliphatic heterocycles. The average Bonchev–Trinajstić information content (AvgIpc) is 3.35. The summed E-state index contributed by atoms with van der Waals surface area (Å²) in [5.41, 5.74) is 4.03. The number of benzene rings is 2. The Hall–Kier alpha value is -1.86. The van der Waals surface area contributed by atoms with Crippen LogP contribution in [0.25, 0.3) is 0 Å². The van der Waals surface area contributed by atoms with E-state index >= 15 is 0 Å². The first-order valence-electron chi connectivity index (χ1n) is 11.7. The fraction of sp³-hybridized carbons (Fsp3) is 0.538. The Labute approximate surface area is 194 Å². The summed E-state index contributed by atoms with van der Waals surface area (Å²) in [6.07, 6.45) is -0.300. The maximum atomic E-state index is 13.6. The first kappa shape index (κ1) is 24.3. The van der Waals surface area contributed by atoms with Crippen LogP contribution in [-0.2, 0) is 41.8 Å². The van der Waals surface area contributed by atoms with Gasteiger partial charge in [0, 0.05) is 6.54 Å². The predicted octanol–water partition coefficient (Wildman–Crippen LogP) is 5.43. The summed E-state index contributed by atoms with van der Waals surface area (Å²) >= 11 is 0. The van der Waals surface area contributed by atoms with E-state index in [1.54, 1.807) is 13.8 Å². The van der Waals surface area contributed by atoms with Crippen molar-refractivity contribution in [1.82, 2.24) is 4.90 Å². The number of fused-ring (bicyclic) bond motifs is 1. The smallest absolute Gasteiger partial charge is 0.299 e. The highest BCUT2D eigenvalue weighted by Gasteiger charge is 2.32. The van der Waals surface area contributed by atoms with Crippen molar-refractivity contribution in [2.24, 2.45) is 5.92 Å². The Kier molecular flexibility index (Phi) is 6.92. The van der Waals surface area contributed by atoms with Gasteiger partial charge in [-0.15, -0.1) is 0 Å². The summed E-state index contributed by atoms with van der Waals surface area (Å²) in [6.45, 7) is 5.84. The van der Waals surface area contributed by atoms with Crippen LogP contribution in [-0.4, -0.2) is 37.4 Å². The van der Waals surface area contributed by atoms with Gasteiger partial charge in [0.1, 0.15) is 0 Å². The zero-order valence-corrected chi connectivity index (χ0v) is 20.1. The van der Waals surface area contributed by atoms with Crippen LogP contribution < -0.4 is 0 Å². The molecule has 0 N–H and O–H groups in total. The van der Waals surface area contributed by atoms with Gasteiger partial charge >= 0.3 is 6.18 Å². The molecule has 3 nitrogen and oxygen atoms in total. The maximum Gasteiger partial charge on any atom is 0.416 e. The van der Waals surface area contributed by atoms with Crippen molar-refractivity contribution in [2.75, 3.05) is 18.8 Å². The van der Waals surface area contributed by atoms with Gasteiger partial charge in [-0.25, -0.2) is 8.42 Å². The van der Waals surface area contributed by atoms with E-state index in [1.165, 1.54) is 12.1 Å². The van der Waals surface area contributed by atoms with Crippen LogP contribution in [0.1, 0.15) is 60.1 Å². The van der Waals surface area contributed by atoms with Crippen LogP contribution in [0.15, 0.2) is 36.4 Å². The number of sulfone groups is 1. The van der Waals surface area contributed by atoms with Crippen LogP contribution in [0, 0.1) is 5.92 Å². The zero-order chi connectivity index (χ0) is 23.8. The highest BCUT2D eigenvalue weighted by atomic mass is 32.2. The molecule has 33 heavy (non-hydrogen) atoms. The lowest BCUT2D eigenvalue weighted by atomic mass is 9.97. The minimum absolute atomic E-state index is 0.0725. The fourth-order valence-electron chi connectivity index (χ4n) is 5.07. The molecule has 0 unspecified atom stereocenters. The van der Waals surface area contributed by atoms with Gasteiger partial charge in [-0.3, -0.25) is 4.90 Å². The standard InChI is InChI=1S/C26H32F3NO2S/c1-18(2)33(31,32)17-22-12-23-6-5-19(11-24(23)13-22)9-20-10-21(16-30-7-3-4-8-30)15-25(14-20)26(27,28)29/h5-6,10-11,14-15,18,22H,3-4,7-9,12-13,16-17H2,1-2H3/t22-/m0/s1. The van der Waals surface area contributed by atoms with Crippen LogP contribution >= 0.6 is 0 Å². The van der Waals surface area contributed by atoms with Gasteiger partial charge < -0.3 is 0 Å². The van der Waals surface area contributed by atoms with Gasteiger partial charge in [-0.1, -0.05) is 24.3 Å². The van der Waals surface area contributed by atoms with Crippen molar-refractivity contribution >= 4 is 9.84 Å². The normalized spacial score (nSPS) is 19.4. The number of halogens is 3. The van der Waals surface area contributed by atoms with Crippen LogP contribution in [0.4, 0.5) is 13.2 Å². The zero-order valence-electron chi connectivity index (χ0n) is 19.3. The van der Waals surface area contributed by atoms with Gasteiger partial charge in [-0.05, 0) is 105 Å². The summed E-state index contributed by atoms with van der Waals surface area (Å²) in [7, 11) is -3.10. The summed E-state index contributed by atoms with van der Waals surface area (Å²) in [4.78, 5) is 2.21. The first-order chi connectivity index (χ1) is 15.5. The van der Waals surface area contributed by atoms with E-state index < -0.39 is 21.6 Å². The molecular formula is C26H32F3NO2S. The van der Waals surface area contributed by atoms with Crippen molar-refractivity contribution in [3.05, 3.63) is 69.8 Å². The summed E-state index contributed by atoms with van der Waals surface area (Å²) < 4.78 is 65.3. The second-order valence-corrected chi connectivity index (χ2v) is 12.6. The number of alkyl halides is 3. The molecule has 2 aromatic carbocycles. The molecule has 0 radical (unpaired) electrons. The van der Waals surface area contributed by atoms with E-state index in [0.29, 0.717) is 30.5 Å².